The predicted octanol–water partition coefficient (Wildman–Crippen LogP) is 2.79. The Balaban J connectivity index is 2.00. The van der Waals surface area contributed by atoms with Crippen LogP contribution >= 0.6 is 22.9 Å². The van der Waals surface area contributed by atoms with Crippen molar-refractivity contribution in [2.24, 2.45) is 0 Å². The molecule has 0 spiro atoms. The zero-order chi connectivity index (χ0) is 14.5. The number of amides is 2. The van der Waals surface area contributed by atoms with E-state index in [2.05, 4.69) is 20.8 Å². The summed E-state index contributed by atoms with van der Waals surface area (Å²) < 4.78 is 0.216. The minimum Gasteiger partial charge on any atom is -0.326 e. The number of hydrogen-bond donors (Lipinski definition) is 2. The average Bonchev–Trinajstić information content (AvgIpc) is 2.87. The summed E-state index contributed by atoms with van der Waals surface area (Å²) in [6, 6.07) is 6.78. The van der Waals surface area contributed by atoms with Gasteiger partial charge in [0.2, 0.25) is 15.4 Å². The van der Waals surface area contributed by atoms with Gasteiger partial charge in [-0.05, 0) is 35.9 Å². The number of carbonyl (C=O) groups is 2. The third-order valence-electron chi connectivity index (χ3n) is 2.34. The van der Waals surface area contributed by atoms with Crippen molar-refractivity contribution in [3.05, 3.63) is 33.7 Å². The fourth-order valence-electron chi connectivity index (χ4n) is 1.37. The van der Waals surface area contributed by atoms with Gasteiger partial charge in [0.25, 0.3) is 5.91 Å². The molecule has 0 atom stereocenters. The first-order valence-electron chi connectivity index (χ1n) is 5.78. The van der Waals surface area contributed by atoms with Crippen LogP contribution in [0.5, 0.6) is 0 Å². The van der Waals surface area contributed by atoms with Gasteiger partial charge in [0.15, 0.2) is 0 Å². The number of hydrogen-bond acceptors (Lipinski definition) is 5. The highest BCUT2D eigenvalue weighted by Gasteiger charge is 2.12. The molecule has 0 fully saturated rings. The number of aromatic nitrogens is 2. The molecule has 1 heterocycles. The van der Waals surface area contributed by atoms with Gasteiger partial charge in [-0.15, -0.1) is 10.2 Å². The Morgan fingerprint density at radius 3 is 2.25 bits per heavy atom. The molecule has 0 aliphatic carbocycles. The van der Waals surface area contributed by atoms with E-state index in [-0.39, 0.29) is 21.3 Å². The van der Waals surface area contributed by atoms with E-state index in [1.807, 2.05) is 0 Å². The molecule has 1 aromatic heterocycles. The normalized spacial score (nSPS) is 10.1. The Morgan fingerprint density at radius 2 is 1.75 bits per heavy atom. The summed E-state index contributed by atoms with van der Waals surface area (Å²) in [5, 5.41) is 12.8. The highest BCUT2D eigenvalue weighted by Crippen LogP contribution is 2.18. The summed E-state index contributed by atoms with van der Waals surface area (Å²) in [6.07, 6.45) is 0.413. The monoisotopic (exact) mass is 310 g/mol. The third kappa shape index (κ3) is 3.75. The number of nitrogens with one attached hydrogen (secondary N) is 2. The molecular formula is C12H11ClN4O2S. The second-order valence-corrected chi connectivity index (χ2v) is 5.35. The van der Waals surface area contributed by atoms with E-state index < -0.39 is 0 Å². The van der Waals surface area contributed by atoms with Crippen molar-refractivity contribution in [2.45, 2.75) is 13.3 Å². The van der Waals surface area contributed by atoms with Crippen LogP contribution < -0.4 is 10.6 Å². The lowest BCUT2D eigenvalue weighted by Crippen LogP contribution is -2.12. The number of halogens is 1. The van der Waals surface area contributed by atoms with E-state index in [1.54, 1.807) is 31.2 Å². The molecule has 2 N–H and O–H groups in total. The zero-order valence-corrected chi connectivity index (χ0v) is 12.1. The van der Waals surface area contributed by atoms with Crippen molar-refractivity contribution in [2.75, 3.05) is 10.6 Å². The van der Waals surface area contributed by atoms with Crippen molar-refractivity contribution < 1.29 is 9.59 Å². The van der Waals surface area contributed by atoms with Crippen LogP contribution in [0.4, 0.5) is 11.4 Å². The lowest BCUT2D eigenvalue weighted by molar-refractivity contribution is -0.115. The van der Waals surface area contributed by atoms with E-state index in [9.17, 15) is 9.59 Å². The topological polar surface area (TPSA) is 84.0 Å². The Hall–Kier alpha value is -1.99. The molecule has 2 aromatic rings. The maximum atomic E-state index is 11.8. The maximum absolute atomic E-state index is 11.8. The quantitative estimate of drug-likeness (QED) is 0.909. The van der Waals surface area contributed by atoms with Crippen molar-refractivity contribution >= 4 is 46.1 Å². The van der Waals surface area contributed by atoms with E-state index >= 15 is 0 Å². The van der Waals surface area contributed by atoms with Gasteiger partial charge in [-0.1, -0.05) is 18.3 Å². The van der Waals surface area contributed by atoms with Gasteiger partial charge >= 0.3 is 0 Å². The Bertz CT molecular complexity index is 627. The van der Waals surface area contributed by atoms with Gasteiger partial charge in [0, 0.05) is 17.8 Å². The molecule has 0 unspecified atom stereocenters. The highest BCUT2D eigenvalue weighted by atomic mass is 35.5. The first kappa shape index (κ1) is 14.4. The molecule has 0 saturated carbocycles. The van der Waals surface area contributed by atoms with E-state index in [0.717, 1.165) is 11.3 Å². The second kappa shape index (κ2) is 6.44. The predicted molar refractivity (Wildman–Crippen MR) is 78.2 cm³/mol. The molecule has 20 heavy (non-hydrogen) atoms. The van der Waals surface area contributed by atoms with Crippen molar-refractivity contribution in [1.82, 2.24) is 10.2 Å². The minimum absolute atomic E-state index is 0.0645. The smallest absolute Gasteiger partial charge is 0.286 e. The molecule has 8 heteroatoms. The van der Waals surface area contributed by atoms with Gasteiger partial charge in [-0.2, -0.15) is 0 Å². The van der Waals surface area contributed by atoms with Gasteiger partial charge in [-0.25, -0.2) is 0 Å². The number of nitrogens with zero attached hydrogens (tertiary/aromatic N) is 2. The molecule has 0 radical (unpaired) electrons. The number of rotatable bonds is 4. The summed E-state index contributed by atoms with van der Waals surface area (Å²) in [6.45, 7) is 1.77. The van der Waals surface area contributed by atoms with Crippen LogP contribution in [0.1, 0.15) is 23.1 Å². The van der Waals surface area contributed by atoms with Gasteiger partial charge in [0.05, 0.1) is 0 Å². The molecule has 1 aromatic carbocycles. The summed E-state index contributed by atoms with van der Waals surface area (Å²) in [5.41, 5.74) is 1.27. The molecule has 0 aliphatic heterocycles. The van der Waals surface area contributed by atoms with Crippen LogP contribution in [0, 0.1) is 0 Å². The molecular weight excluding hydrogens is 300 g/mol. The molecule has 104 valence electrons. The van der Waals surface area contributed by atoms with Crippen LogP contribution in [0.2, 0.25) is 4.47 Å². The molecule has 0 saturated heterocycles. The Labute approximate surface area is 124 Å². The molecule has 2 amide bonds. The molecule has 2 rings (SSSR count). The lowest BCUT2D eigenvalue weighted by atomic mass is 10.2. The number of anilines is 2. The van der Waals surface area contributed by atoms with Crippen LogP contribution in [-0.2, 0) is 4.79 Å². The van der Waals surface area contributed by atoms with E-state index in [0.29, 0.717) is 17.8 Å². The first-order valence-corrected chi connectivity index (χ1v) is 6.98. The van der Waals surface area contributed by atoms with Crippen LogP contribution in [0.15, 0.2) is 24.3 Å². The highest BCUT2D eigenvalue weighted by molar-refractivity contribution is 7.17. The summed E-state index contributed by atoms with van der Waals surface area (Å²) in [7, 11) is 0. The van der Waals surface area contributed by atoms with Crippen molar-refractivity contribution in [3.63, 3.8) is 0 Å². The molecule has 0 bridgehead atoms. The number of carbonyl (C=O) groups excluding carboxylic acids is 2. The van der Waals surface area contributed by atoms with Crippen molar-refractivity contribution in [1.29, 1.82) is 0 Å². The van der Waals surface area contributed by atoms with Crippen LogP contribution in [0.25, 0.3) is 0 Å². The number of benzene rings is 1. The molecule has 0 aliphatic rings. The maximum Gasteiger partial charge on any atom is 0.286 e. The SMILES string of the molecule is CCC(=O)Nc1ccc(NC(=O)c2nnc(Cl)s2)cc1. The van der Waals surface area contributed by atoms with Gasteiger partial charge in [0.1, 0.15) is 0 Å². The average molecular weight is 311 g/mol. The van der Waals surface area contributed by atoms with Gasteiger partial charge in [-0.3, -0.25) is 9.59 Å². The molecule has 6 nitrogen and oxygen atoms in total. The standard InChI is InChI=1S/C12H11ClN4O2S/c1-2-9(18)14-7-3-5-8(6-4-7)15-10(19)11-16-17-12(13)20-11/h3-6H,2H2,1H3,(H,14,18)(H,15,19). The fourth-order valence-corrected chi connectivity index (χ4v) is 2.09. The fraction of sp³-hybridized carbons (Fsp3) is 0.167. The lowest BCUT2D eigenvalue weighted by Gasteiger charge is -2.06. The van der Waals surface area contributed by atoms with E-state index in [4.69, 9.17) is 11.6 Å². The summed E-state index contributed by atoms with van der Waals surface area (Å²) >= 11 is 6.62. The van der Waals surface area contributed by atoms with Crippen LogP contribution in [0.3, 0.4) is 0 Å². The zero-order valence-electron chi connectivity index (χ0n) is 10.5. The van der Waals surface area contributed by atoms with Crippen molar-refractivity contribution in [3.8, 4) is 0 Å². The Kier molecular flexibility index (Phi) is 4.65. The summed E-state index contributed by atoms with van der Waals surface area (Å²) in [5.74, 6) is -0.440. The second-order valence-electron chi connectivity index (χ2n) is 3.79. The first-order chi connectivity index (χ1) is 9.58. The van der Waals surface area contributed by atoms with Crippen LogP contribution in [-0.4, -0.2) is 22.0 Å². The van der Waals surface area contributed by atoms with E-state index in [1.165, 1.54) is 0 Å². The third-order valence-corrected chi connectivity index (χ3v) is 3.36. The summed E-state index contributed by atoms with van der Waals surface area (Å²) in [4.78, 5) is 23.0. The van der Waals surface area contributed by atoms with Gasteiger partial charge < -0.3 is 10.6 Å². The largest absolute Gasteiger partial charge is 0.326 e. The Morgan fingerprint density at radius 1 is 1.15 bits per heavy atom. The minimum atomic E-state index is -0.375.